The first-order chi connectivity index (χ1) is 13.7. The maximum Gasteiger partial charge on any atom is 0.226 e. The molecule has 0 aliphatic rings. The Bertz CT molecular complexity index is 1120. The van der Waals surface area contributed by atoms with Crippen LogP contribution in [0.15, 0.2) is 53.7 Å². The first-order valence-electron chi connectivity index (χ1n) is 9.28. The molecule has 2 aromatic heterocycles. The molecule has 1 amide bonds. The first kappa shape index (κ1) is 20.7. The number of benzene rings is 1. The van der Waals surface area contributed by atoms with Crippen LogP contribution < -0.4 is 5.32 Å². The van der Waals surface area contributed by atoms with Crippen LogP contribution in [-0.2, 0) is 21.2 Å². The fourth-order valence-corrected chi connectivity index (χ4v) is 4.21. The van der Waals surface area contributed by atoms with E-state index in [-0.39, 0.29) is 23.0 Å². The molecule has 29 heavy (non-hydrogen) atoms. The second kappa shape index (κ2) is 8.57. The minimum Gasteiger partial charge on any atom is -0.311 e. The number of carbonyl (C=O) groups is 1. The smallest absolute Gasteiger partial charge is 0.226 e. The van der Waals surface area contributed by atoms with Crippen LogP contribution >= 0.6 is 0 Å². The van der Waals surface area contributed by atoms with Gasteiger partial charge in [-0.05, 0) is 61.7 Å². The molecular formula is C21H24N4O3S. The molecule has 0 saturated carbocycles. The third kappa shape index (κ3) is 5.29. The number of aryl methyl sites for hydroxylation is 3. The van der Waals surface area contributed by atoms with Gasteiger partial charge in [0.05, 0.1) is 22.9 Å². The summed E-state index contributed by atoms with van der Waals surface area (Å²) in [7, 11) is -3.53. The zero-order chi connectivity index (χ0) is 21.0. The largest absolute Gasteiger partial charge is 0.311 e. The van der Waals surface area contributed by atoms with E-state index < -0.39 is 9.84 Å². The van der Waals surface area contributed by atoms with E-state index in [9.17, 15) is 13.2 Å². The fourth-order valence-electron chi connectivity index (χ4n) is 2.89. The van der Waals surface area contributed by atoms with Crippen LogP contribution in [-0.4, -0.2) is 34.8 Å². The van der Waals surface area contributed by atoms with Gasteiger partial charge in [-0.15, -0.1) is 0 Å². The Balaban J connectivity index is 1.66. The summed E-state index contributed by atoms with van der Waals surface area (Å²) in [4.78, 5) is 16.6. The van der Waals surface area contributed by atoms with Gasteiger partial charge < -0.3 is 5.32 Å². The highest BCUT2D eigenvalue weighted by atomic mass is 32.2. The minimum atomic E-state index is -3.53. The quantitative estimate of drug-likeness (QED) is 0.644. The van der Waals surface area contributed by atoms with Crippen molar-refractivity contribution in [3.63, 3.8) is 0 Å². The monoisotopic (exact) mass is 412 g/mol. The number of rotatable bonds is 7. The standard InChI is InChI=1S/C21H24N4O3S/c1-15-4-5-19(12-16(15)2)29(27,28)11-8-21(26)23-20-13-17(3)24-25(20)14-18-6-9-22-10-7-18/h4-7,9-10,12-13H,8,11,14H2,1-3H3,(H,23,26). The lowest BCUT2D eigenvalue weighted by molar-refractivity contribution is -0.115. The van der Waals surface area contributed by atoms with Gasteiger partial charge in [-0.1, -0.05) is 6.07 Å². The van der Waals surface area contributed by atoms with Crippen LogP contribution in [0.4, 0.5) is 5.82 Å². The summed E-state index contributed by atoms with van der Waals surface area (Å²) in [6.07, 6.45) is 3.26. The molecule has 8 heteroatoms. The Hall–Kier alpha value is -3.00. The number of aromatic nitrogens is 3. The number of amides is 1. The van der Waals surface area contributed by atoms with Gasteiger partial charge in [-0.25, -0.2) is 13.1 Å². The molecule has 1 N–H and O–H groups in total. The Morgan fingerprint density at radius 2 is 1.76 bits per heavy atom. The normalized spacial score (nSPS) is 11.4. The van der Waals surface area contributed by atoms with Crippen molar-refractivity contribution in [2.75, 3.05) is 11.1 Å². The van der Waals surface area contributed by atoms with Gasteiger partial charge in [0.2, 0.25) is 5.91 Å². The highest BCUT2D eigenvalue weighted by Gasteiger charge is 2.18. The maximum absolute atomic E-state index is 12.6. The lowest BCUT2D eigenvalue weighted by atomic mass is 10.1. The number of nitrogens with one attached hydrogen (secondary N) is 1. The van der Waals surface area contributed by atoms with Crippen molar-refractivity contribution < 1.29 is 13.2 Å². The molecule has 0 radical (unpaired) electrons. The van der Waals surface area contributed by atoms with E-state index in [4.69, 9.17) is 0 Å². The number of hydrogen-bond donors (Lipinski definition) is 1. The summed E-state index contributed by atoms with van der Waals surface area (Å²) < 4.78 is 26.8. The fraction of sp³-hybridized carbons (Fsp3) is 0.286. The van der Waals surface area contributed by atoms with E-state index in [1.165, 1.54) is 0 Å². The van der Waals surface area contributed by atoms with Crippen molar-refractivity contribution in [2.24, 2.45) is 0 Å². The first-order valence-corrected chi connectivity index (χ1v) is 10.9. The third-order valence-electron chi connectivity index (χ3n) is 4.69. The molecule has 2 heterocycles. The zero-order valence-corrected chi connectivity index (χ0v) is 17.5. The van der Waals surface area contributed by atoms with Gasteiger partial charge in [-0.3, -0.25) is 9.78 Å². The van der Waals surface area contributed by atoms with Gasteiger partial charge in [0.1, 0.15) is 5.82 Å². The summed E-state index contributed by atoms with van der Waals surface area (Å²) >= 11 is 0. The highest BCUT2D eigenvalue weighted by molar-refractivity contribution is 7.91. The van der Waals surface area contributed by atoms with E-state index >= 15 is 0 Å². The number of hydrogen-bond acceptors (Lipinski definition) is 5. The topological polar surface area (TPSA) is 94.0 Å². The summed E-state index contributed by atoms with van der Waals surface area (Å²) in [5.74, 6) is -0.0834. The van der Waals surface area contributed by atoms with Crippen molar-refractivity contribution in [1.29, 1.82) is 0 Å². The van der Waals surface area contributed by atoms with Crippen LogP contribution in [0.3, 0.4) is 0 Å². The molecule has 3 rings (SSSR count). The molecule has 0 aliphatic heterocycles. The predicted molar refractivity (Wildman–Crippen MR) is 112 cm³/mol. The second-order valence-electron chi connectivity index (χ2n) is 7.05. The van der Waals surface area contributed by atoms with Gasteiger partial charge in [0.25, 0.3) is 0 Å². The maximum atomic E-state index is 12.6. The molecule has 152 valence electrons. The predicted octanol–water partition coefficient (Wildman–Crippen LogP) is 3.05. The van der Waals surface area contributed by atoms with Crippen LogP contribution in [0.2, 0.25) is 0 Å². The molecule has 0 spiro atoms. The number of nitrogens with zero attached hydrogens (tertiary/aromatic N) is 3. The Morgan fingerprint density at radius 1 is 1.03 bits per heavy atom. The molecule has 0 fully saturated rings. The van der Waals surface area contributed by atoms with Crippen molar-refractivity contribution in [1.82, 2.24) is 14.8 Å². The highest BCUT2D eigenvalue weighted by Crippen LogP contribution is 2.18. The van der Waals surface area contributed by atoms with Crippen molar-refractivity contribution in [2.45, 2.75) is 38.6 Å². The van der Waals surface area contributed by atoms with Crippen LogP contribution in [0.5, 0.6) is 0 Å². The molecule has 0 bridgehead atoms. The second-order valence-corrected chi connectivity index (χ2v) is 9.16. The average molecular weight is 413 g/mol. The van der Waals surface area contributed by atoms with E-state index in [1.807, 2.05) is 32.9 Å². The Morgan fingerprint density at radius 3 is 2.45 bits per heavy atom. The van der Waals surface area contributed by atoms with Crippen molar-refractivity contribution in [3.8, 4) is 0 Å². The van der Waals surface area contributed by atoms with Gasteiger partial charge in [0, 0.05) is 24.9 Å². The summed E-state index contributed by atoms with van der Waals surface area (Å²) in [5, 5.41) is 7.17. The Labute approximate surface area is 170 Å². The van der Waals surface area contributed by atoms with Gasteiger partial charge >= 0.3 is 0 Å². The van der Waals surface area contributed by atoms with E-state index in [1.54, 1.807) is 41.3 Å². The third-order valence-corrected chi connectivity index (χ3v) is 6.40. The summed E-state index contributed by atoms with van der Waals surface area (Å²) in [6, 6.07) is 10.5. The van der Waals surface area contributed by atoms with Crippen molar-refractivity contribution >= 4 is 21.6 Å². The summed E-state index contributed by atoms with van der Waals surface area (Å²) in [5.41, 5.74) is 3.69. The van der Waals surface area contributed by atoms with Gasteiger partial charge in [-0.2, -0.15) is 5.10 Å². The Kier molecular flexibility index (Phi) is 6.12. The molecule has 7 nitrogen and oxygen atoms in total. The number of anilines is 1. The van der Waals surface area contributed by atoms with Crippen LogP contribution in [0, 0.1) is 20.8 Å². The van der Waals surface area contributed by atoms with Crippen LogP contribution in [0.1, 0.15) is 28.8 Å². The number of carbonyl (C=O) groups excluding carboxylic acids is 1. The summed E-state index contributed by atoms with van der Waals surface area (Å²) in [6.45, 7) is 6.11. The SMILES string of the molecule is Cc1cc(NC(=O)CCS(=O)(=O)c2ccc(C)c(C)c2)n(Cc2ccncc2)n1. The molecule has 1 aromatic carbocycles. The minimum absolute atomic E-state index is 0.130. The molecular weight excluding hydrogens is 388 g/mol. The van der Waals surface area contributed by atoms with Crippen molar-refractivity contribution in [3.05, 3.63) is 71.2 Å². The van der Waals surface area contributed by atoms with Crippen LogP contribution in [0.25, 0.3) is 0 Å². The zero-order valence-electron chi connectivity index (χ0n) is 16.7. The number of sulfone groups is 1. The molecule has 0 unspecified atom stereocenters. The molecule has 0 saturated heterocycles. The molecule has 0 aliphatic carbocycles. The molecule has 0 atom stereocenters. The van der Waals surface area contributed by atoms with E-state index in [0.29, 0.717) is 12.4 Å². The lowest BCUT2D eigenvalue weighted by Crippen LogP contribution is -2.19. The van der Waals surface area contributed by atoms with E-state index in [0.717, 1.165) is 22.4 Å². The van der Waals surface area contributed by atoms with Gasteiger partial charge in [0.15, 0.2) is 9.84 Å². The molecule has 3 aromatic rings. The average Bonchev–Trinajstić information content (AvgIpc) is 3.02. The van der Waals surface area contributed by atoms with E-state index in [2.05, 4.69) is 15.4 Å². The lowest BCUT2D eigenvalue weighted by Gasteiger charge is -2.10. The number of pyridine rings is 1.